The van der Waals surface area contributed by atoms with Crippen LogP contribution in [0.15, 0.2) is 62.8 Å². The van der Waals surface area contributed by atoms with Gasteiger partial charge in [-0.3, -0.25) is 4.79 Å². The van der Waals surface area contributed by atoms with Crippen LogP contribution in [0, 0.1) is 6.92 Å². The number of H-pyrrole nitrogens is 1. The topological polar surface area (TPSA) is 106 Å². The van der Waals surface area contributed by atoms with Gasteiger partial charge in [-0.2, -0.15) is 9.40 Å². The third-order valence-electron chi connectivity index (χ3n) is 5.12. The number of ether oxygens (including phenoxy) is 1. The van der Waals surface area contributed by atoms with Gasteiger partial charge in [-0.05, 0) is 49.6 Å². The molecule has 9 heteroatoms. The second-order valence-electron chi connectivity index (χ2n) is 7.30. The molecule has 3 heterocycles. The average Bonchev–Trinajstić information content (AvgIpc) is 3.43. The van der Waals surface area contributed by atoms with Gasteiger partial charge in [0.15, 0.2) is 0 Å². The maximum absolute atomic E-state index is 13.7. The first-order valence-corrected chi connectivity index (χ1v) is 11.2. The minimum atomic E-state index is -3.84. The van der Waals surface area contributed by atoms with E-state index < -0.39 is 10.0 Å². The molecule has 1 aromatic carbocycles. The number of nitrogens with zero attached hydrogens (tertiary/aromatic N) is 2. The number of sulfonamides is 1. The minimum absolute atomic E-state index is 0.121. The fourth-order valence-corrected chi connectivity index (χ4v) is 5.21. The SMILES string of the molecule is Cc1ccc(-c2ccc(=O)[nH]n2)cc1S(=O)(=O)N(Cc1ccco1)C[C@@H]1CCCO1. The molecule has 8 nitrogen and oxygen atoms in total. The molecule has 0 spiro atoms. The van der Waals surface area contributed by atoms with E-state index in [1.807, 2.05) is 0 Å². The number of aryl methyl sites for hydroxylation is 1. The van der Waals surface area contributed by atoms with Crippen molar-refractivity contribution in [2.75, 3.05) is 13.2 Å². The lowest BCUT2D eigenvalue weighted by Gasteiger charge is -2.25. The molecule has 4 rings (SSSR count). The summed E-state index contributed by atoms with van der Waals surface area (Å²) >= 11 is 0. The third-order valence-corrected chi connectivity index (χ3v) is 7.08. The molecule has 1 N–H and O–H groups in total. The molecule has 30 heavy (non-hydrogen) atoms. The van der Waals surface area contributed by atoms with Crippen molar-refractivity contribution >= 4 is 10.0 Å². The Kier molecular flexibility index (Phi) is 5.85. The summed E-state index contributed by atoms with van der Waals surface area (Å²) in [4.78, 5) is 11.5. The molecular formula is C21H23N3O5S. The lowest BCUT2D eigenvalue weighted by Crippen LogP contribution is -2.37. The van der Waals surface area contributed by atoms with Crippen LogP contribution in [0.1, 0.15) is 24.2 Å². The van der Waals surface area contributed by atoms with Gasteiger partial charge in [0.25, 0.3) is 5.56 Å². The number of hydrogen-bond donors (Lipinski definition) is 1. The van der Waals surface area contributed by atoms with Gasteiger partial charge in [0.2, 0.25) is 10.0 Å². The standard InChI is InChI=1S/C21H23N3O5S/c1-15-6-7-16(19-8-9-21(25)23-22-19)12-20(15)30(26,27)24(13-17-4-2-10-28-17)14-18-5-3-11-29-18/h2,4,6-10,12,18H,3,5,11,13-14H2,1H3,(H,23,25)/t18-/m0/s1. The second kappa shape index (κ2) is 8.55. The zero-order valence-corrected chi connectivity index (χ0v) is 17.4. The summed E-state index contributed by atoms with van der Waals surface area (Å²) < 4.78 is 39.8. The smallest absolute Gasteiger partial charge is 0.264 e. The Morgan fingerprint density at radius 3 is 2.77 bits per heavy atom. The Morgan fingerprint density at radius 2 is 2.10 bits per heavy atom. The van der Waals surface area contributed by atoms with Crippen molar-refractivity contribution < 1.29 is 17.6 Å². The summed E-state index contributed by atoms with van der Waals surface area (Å²) in [5.41, 5.74) is 1.40. The van der Waals surface area contributed by atoms with E-state index in [1.165, 1.54) is 16.6 Å². The van der Waals surface area contributed by atoms with Gasteiger partial charge in [0.05, 0.1) is 29.5 Å². The van der Waals surface area contributed by atoms with Crippen molar-refractivity contribution in [3.8, 4) is 11.3 Å². The number of furan rings is 1. The molecule has 0 amide bonds. The molecule has 0 aliphatic carbocycles. The number of benzene rings is 1. The number of aromatic nitrogens is 2. The summed E-state index contributed by atoms with van der Waals surface area (Å²) in [6.45, 7) is 2.78. The van der Waals surface area contributed by atoms with Crippen LogP contribution in [0.4, 0.5) is 0 Å². The van der Waals surface area contributed by atoms with E-state index in [2.05, 4.69) is 10.2 Å². The van der Waals surface area contributed by atoms with Crippen molar-refractivity contribution in [2.24, 2.45) is 0 Å². The van der Waals surface area contributed by atoms with Crippen LogP contribution in [0.25, 0.3) is 11.3 Å². The Labute approximate surface area is 174 Å². The van der Waals surface area contributed by atoms with E-state index in [1.54, 1.807) is 43.3 Å². The Balaban J connectivity index is 1.71. The molecule has 1 aliphatic heterocycles. The van der Waals surface area contributed by atoms with E-state index >= 15 is 0 Å². The molecule has 158 valence electrons. The molecular weight excluding hydrogens is 406 g/mol. The molecule has 1 fully saturated rings. The van der Waals surface area contributed by atoms with Crippen LogP contribution in [0.3, 0.4) is 0 Å². The summed E-state index contributed by atoms with van der Waals surface area (Å²) in [6, 6.07) is 11.5. The van der Waals surface area contributed by atoms with Gasteiger partial charge < -0.3 is 9.15 Å². The summed E-state index contributed by atoms with van der Waals surface area (Å²) in [7, 11) is -3.84. The van der Waals surface area contributed by atoms with Gasteiger partial charge in [-0.25, -0.2) is 13.5 Å². The fourth-order valence-electron chi connectivity index (χ4n) is 3.52. The molecule has 0 radical (unpaired) electrons. The summed E-state index contributed by atoms with van der Waals surface area (Å²) in [5.74, 6) is 0.563. The Bertz CT molecular complexity index is 1150. The molecule has 0 unspecified atom stereocenters. The minimum Gasteiger partial charge on any atom is -0.468 e. The normalized spacial score (nSPS) is 16.9. The molecule has 1 atom stereocenters. The quantitative estimate of drug-likeness (QED) is 0.619. The number of hydrogen-bond acceptors (Lipinski definition) is 6. The maximum Gasteiger partial charge on any atom is 0.264 e. The van der Waals surface area contributed by atoms with Gasteiger partial charge in [0.1, 0.15) is 5.76 Å². The van der Waals surface area contributed by atoms with Crippen LogP contribution in [0.2, 0.25) is 0 Å². The highest BCUT2D eigenvalue weighted by Crippen LogP contribution is 2.28. The highest BCUT2D eigenvalue weighted by Gasteiger charge is 2.31. The van der Waals surface area contributed by atoms with Crippen LogP contribution in [-0.2, 0) is 21.3 Å². The summed E-state index contributed by atoms with van der Waals surface area (Å²) in [6.07, 6.45) is 3.13. The predicted octanol–water partition coefficient (Wildman–Crippen LogP) is 2.71. The first-order chi connectivity index (χ1) is 14.4. The molecule has 3 aromatic rings. The predicted molar refractivity (Wildman–Crippen MR) is 110 cm³/mol. The van der Waals surface area contributed by atoms with Crippen molar-refractivity contribution in [1.82, 2.24) is 14.5 Å². The number of rotatable bonds is 7. The Morgan fingerprint density at radius 1 is 1.23 bits per heavy atom. The number of nitrogens with one attached hydrogen (secondary N) is 1. The zero-order valence-electron chi connectivity index (χ0n) is 16.6. The van der Waals surface area contributed by atoms with Crippen molar-refractivity contribution in [3.05, 3.63) is 70.4 Å². The van der Waals surface area contributed by atoms with E-state index in [0.29, 0.717) is 29.2 Å². The molecule has 1 saturated heterocycles. The first kappa shape index (κ1) is 20.5. The average molecular weight is 429 g/mol. The van der Waals surface area contributed by atoms with Crippen molar-refractivity contribution in [1.29, 1.82) is 0 Å². The number of aromatic amines is 1. The van der Waals surface area contributed by atoms with Crippen LogP contribution in [0.5, 0.6) is 0 Å². The molecule has 1 aliphatic rings. The van der Waals surface area contributed by atoms with Crippen molar-refractivity contribution in [3.63, 3.8) is 0 Å². The lowest BCUT2D eigenvalue weighted by molar-refractivity contribution is 0.0914. The fraction of sp³-hybridized carbons (Fsp3) is 0.333. The molecule has 0 bridgehead atoms. The maximum atomic E-state index is 13.7. The van der Waals surface area contributed by atoms with Crippen LogP contribution in [-0.4, -0.2) is 42.2 Å². The molecule has 0 saturated carbocycles. The largest absolute Gasteiger partial charge is 0.468 e. The van der Waals surface area contributed by atoms with Gasteiger partial charge in [0, 0.05) is 24.8 Å². The zero-order chi connectivity index (χ0) is 21.1. The monoisotopic (exact) mass is 429 g/mol. The van der Waals surface area contributed by atoms with Crippen LogP contribution < -0.4 is 5.56 Å². The first-order valence-electron chi connectivity index (χ1n) is 9.74. The van der Waals surface area contributed by atoms with Crippen LogP contribution >= 0.6 is 0 Å². The van der Waals surface area contributed by atoms with Gasteiger partial charge in [-0.15, -0.1) is 0 Å². The second-order valence-corrected chi connectivity index (χ2v) is 9.21. The van der Waals surface area contributed by atoms with E-state index in [9.17, 15) is 13.2 Å². The van der Waals surface area contributed by atoms with Gasteiger partial charge in [-0.1, -0.05) is 12.1 Å². The van der Waals surface area contributed by atoms with E-state index in [4.69, 9.17) is 9.15 Å². The van der Waals surface area contributed by atoms with E-state index in [-0.39, 0.29) is 29.6 Å². The highest BCUT2D eigenvalue weighted by molar-refractivity contribution is 7.89. The Hall–Kier alpha value is -2.75. The summed E-state index contributed by atoms with van der Waals surface area (Å²) in [5, 5.41) is 6.39. The third kappa shape index (κ3) is 4.38. The molecule has 2 aromatic heterocycles. The van der Waals surface area contributed by atoms with E-state index in [0.717, 1.165) is 12.8 Å². The van der Waals surface area contributed by atoms with Crippen molar-refractivity contribution in [2.45, 2.75) is 37.3 Å². The highest BCUT2D eigenvalue weighted by atomic mass is 32.2. The van der Waals surface area contributed by atoms with Gasteiger partial charge >= 0.3 is 0 Å². The lowest BCUT2D eigenvalue weighted by atomic mass is 10.1.